The van der Waals surface area contributed by atoms with Gasteiger partial charge >= 0.3 is 0 Å². The van der Waals surface area contributed by atoms with Crippen molar-refractivity contribution >= 4 is 11.8 Å². The molecule has 0 saturated carbocycles. The van der Waals surface area contributed by atoms with Gasteiger partial charge in [0.05, 0.1) is 0 Å². The van der Waals surface area contributed by atoms with Crippen LogP contribution < -0.4 is 5.32 Å². The van der Waals surface area contributed by atoms with Gasteiger partial charge in [0.1, 0.15) is 5.82 Å². The van der Waals surface area contributed by atoms with E-state index in [4.69, 9.17) is 0 Å². The van der Waals surface area contributed by atoms with E-state index in [-0.39, 0.29) is 5.82 Å². The molecule has 0 aliphatic heterocycles. The minimum Gasteiger partial charge on any atom is -0.313 e. The number of rotatable bonds is 8. The van der Waals surface area contributed by atoms with Crippen LogP contribution in [0.25, 0.3) is 0 Å². The van der Waals surface area contributed by atoms with Crippen molar-refractivity contribution in [3.05, 3.63) is 29.6 Å². The number of hydrogen-bond donors (Lipinski definition) is 1. The van der Waals surface area contributed by atoms with Gasteiger partial charge in [0.25, 0.3) is 0 Å². The molecule has 1 aromatic carbocycles. The Bertz CT molecular complexity index is 352. The molecule has 1 rings (SSSR count). The Kier molecular flexibility index (Phi) is 7.36. The van der Waals surface area contributed by atoms with E-state index < -0.39 is 0 Å². The van der Waals surface area contributed by atoms with Crippen LogP contribution in [-0.4, -0.2) is 12.3 Å². The van der Waals surface area contributed by atoms with Gasteiger partial charge in [-0.15, -0.1) is 11.8 Å². The first kappa shape index (κ1) is 15.5. The standard InChI is InChI=1S/C15H24FNS/c1-4-8-17-11-13-10-14(16)5-6-15(13)18-9-7-12(2)3/h5-6,10,12,17H,4,7-9,11H2,1-3H3. The third-order valence-corrected chi connectivity index (χ3v) is 3.87. The van der Waals surface area contributed by atoms with E-state index >= 15 is 0 Å². The molecule has 0 heterocycles. The van der Waals surface area contributed by atoms with Crippen molar-refractivity contribution in [2.45, 2.75) is 45.1 Å². The molecule has 0 saturated heterocycles. The van der Waals surface area contributed by atoms with Crippen LogP contribution in [0.3, 0.4) is 0 Å². The summed E-state index contributed by atoms with van der Waals surface area (Å²) in [6.07, 6.45) is 2.30. The fourth-order valence-electron chi connectivity index (χ4n) is 1.63. The summed E-state index contributed by atoms with van der Waals surface area (Å²) in [6.45, 7) is 8.34. The quantitative estimate of drug-likeness (QED) is 0.552. The minimum atomic E-state index is -0.142. The highest BCUT2D eigenvalue weighted by atomic mass is 32.2. The minimum absolute atomic E-state index is 0.142. The van der Waals surface area contributed by atoms with Gasteiger partial charge in [-0.05, 0) is 54.8 Å². The molecule has 1 nitrogen and oxygen atoms in total. The highest BCUT2D eigenvalue weighted by Gasteiger charge is 2.05. The van der Waals surface area contributed by atoms with Gasteiger partial charge in [-0.25, -0.2) is 4.39 Å². The summed E-state index contributed by atoms with van der Waals surface area (Å²) < 4.78 is 13.3. The van der Waals surface area contributed by atoms with Crippen molar-refractivity contribution in [1.29, 1.82) is 0 Å². The van der Waals surface area contributed by atoms with Gasteiger partial charge in [-0.1, -0.05) is 20.8 Å². The first-order valence-corrected chi connectivity index (χ1v) is 7.74. The zero-order chi connectivity index (χ0) is 13.4. The Hall–Kier alpha value is -0.540. The Labute approximate surface area is 115 Å². The lowest BCUT2D eigenvalue weighted by Gasteiger charge is -2.11. The monoisotopic (exact) mass is 269 g/mol. The summed E-state index contributed by atoms with van der Waals surface area (Å²) in [5, 5.41) is 3.34. The van der Waals surface area contributed by atoms with E-state index in [1.807, 2.05) is 17.8 Å². The number of thioether (sulfide) groups is 1. The summed E-state index contributed by atoms with van der Waals surface area (Å²) >= 11 is 1.84. The molecule has 1 aromatic rings. The van der Waals surface area contributed by atoms with Crippen LogP contribution in [0.4, 0.5) is 4.39 Å². The summed E-state index contributed by atoms with van der Waals surface area (Å²) in [5.74, 6) is 1.68. The smallest absolute Gasteiger partial charge is 0.123 e. The number of nitrogens with one attached hydrogen (secondary N) is 1. The average Bonchev–Trinajstić information content (AvgIpc) is 2.32. The summed E-state index contributed by atoms with van der Waals surface area (Å²) in [7, 11) is 0. The van der Waals surface area contributed by atoms with Crippen molar-refractivity contribution in [2.75, 3.05) is 12.3 Å². The van der Waals surface area contributed by atoms with Gasteiger partial charge < -0.3 is 5.32 Å². The fraction of sp³-hybridized carbons (Fsp3) is 0.600. The molecule has 3 heteroatoms. The molecule has 0 aliphatic carbocycles. The fourth-order valence-corrected chi connectivity index (χ4v) is 2.92. The van der Waals surface area contributed by atoms with Gasteiger partial charge in [0.2, 0.25) is 0 Å². The van der Waals surface area contributed by atoms with Crippen LogP contribution in [0, 0.1) is 11.7 Å². The van der Waals surface area contributed by atoms with Gasteiger partial charge in [0.15, 0.2) is 0 Å². The number of halogens is 1. The van der Waals surface area contributed by atoms with Gasteiger partial charge in [0, 0.05) is 11.4 Å². The molecule has 102 valence electrons. The molecular weight excluding hydrogens is 245 g/mol. The molecule has 0 bridgehead atoms. The lowest BCUT2D eigenvalue weighted by molar-refractivity contribution is 0.615. The molecular formula is C15H24FNS. The van der Waals surface area contributed by atoms with Crippen LogP contribution in [0.15, 0.2) is 23.1 Å². The molecule has 0 aliphatic rings. The maximum atomic E-state index is 13.3. The third-order valence-electron chi connectivity index (χ3n) is 2.72. The number of hydrogen-bond acceptors (Lipinski definition) is 2. The first-order valence-electron chi connectivity index (χ1n) is 6.75. The van der Waals surface area contributed by atoms with Crippen molar-refractivity contribution in [1.82, 2.24) is 5.32 Å². The molecule has 1 N–H and O–H groups in total. The lowest BCUT2D eigenvalue weighted by atomic mass is 10.2. The Morgan fingerprint density at radius 2 is 2.11 bits per heavy atom. The van der Waals surface area contributed by atoms with Crippen LogP contribution >= 0.6 is 11.8 Å². The van der Waals surface area contributed by atoms with Gasteiger partial charge in [-0.2, -0.15) is 0 Å². The molecule has 0 radical (unpaired) electrons. The van der Waals surface area contributed by atoms with E-state index in [1.54, 1.807) is 12.1 Å². The Balaban J connectivity index is 2.58. The van der Waals surface area contributed by atoms with E-state index in [0.717, 1.165) is 36.7 Å². The summed E-state index contributed by atoms with van der Waals surface area (Å²) in [4.78, 5) is 1.21. The van der Waals surface area contributed by atoms with Crippen LogP contribution in [-0.2, 0) is 6.54 Å². The van der Waals surface area contributed by atoms with Crippen molar-refractivity contribution in [2.24, 2.45) is 5.92 Å². The molecule has 0 atom stereocenters. The van der Waals surface area contributed by atoms with Gasteiger partial charge in [-0.3, -0.25) is 0 Å². The predicted octanol–water partition coefficient (Wildman–Crippen LogP) is 4.46. The second-order valence-corrected chi connectivity index (χ2v) is 6.10. The summed E-state index contributed by atoms with van der Waals surface area (Å²) in [5.41, 5.74) is 1.08. The molecule has 18 heavy (non-hydrogen) atoms. The second kappa shape index (κ2) is 8.54. The van der Waals surface area contributed by atoms with Crippen LogP contribution in [0.2, 0.25) is 0 Å². The Morgan fingerprint density at radius 1 is 1.33 bits per heavy atom. The zero-order valence-electron chi connectivity index (χ0n) is 11.6. The molecule has 0 unspecified atom stereocenters. The number of benzene rings is 1. The van der Waals surface area contributed by atoms with Crippen molar-refractivity contribution in [3.63, 3.8) is 0 Å². The Morgan fingerprint density at radius 3 is 2.78 bits per heavy atom. The first-order chi connectivity index (χ1) is 8.63. The highest BCUT2D eigenvalue weighted by Crippen LogP contribution is 2.25. The maximum absolute atomic E-state index is 13.3. The maximum Gasteiger partial charge on any atom is 0.123 e. The van der Waals surface area contributed by atoms with E-state index in [1.165, 1.54) is 11.3 Å². The SMILES string of the molecule is CCCNCc1cc(F)ccc1SCCC(C)C. The molecule has 0 fully saturated rings. The zero-order valence-corrected chi connectivity index (χ0v) is 12.4. The van der Waals surface area contributed by atoms with Crippen molar-refractivity contribution < 1.29 is 4.39 Å². The molecule has 0 aromatic heterocycles. The molecule has 0 spiro atoms. The predicted molar refractivity (Wildman–Crippen MR) is 78.6 cm³/mol. The third kappa shape index (κ3) is 5.87. The lowest BCUT2D eigenvalue weighted by Crippen LogP contribution is -2.14. The van der Waals surface area contributed by atoms with Crippen LogP contribution in [0.5, 0.6) is 0 Å². The molecule has 0 amide bonds. The van der Waals surface area contributed by atoms with E-state index in [9.17, 15) is 4.39 Å². The van der Waals surface area contributed by atoms with Crippen LogP contribution in [0.1, 0.15) is 39.2 Å². The largest absolute Gasteiger partial charge is 0.313 e. The van der Waals surface area contributed by atoms with E-state index in [0.29, 0.717) is 0 Å². The topological polar surface area (TPSA) is 12.0 Å². The van der Waals surface area contributed by atoms with Crippen molar-refractivity contribution in [3.8, 4) is 0 Å². The average molecular weight is 269 g/mol. The second-order valence-electron chi connectivity index (χ2n) is 4.96. The highest BCUT2D eigenvalue weighted by molar-refractivity contribution is 7.99. The summed E-state index contributed by atoms with van der Waals surface area (Å²) in [6, 6.07) is 5.12. The van der Waals surface area contributed by atoms with E-state index in [2.05, 4.69) is 26.1 Å². The normalized spacial score (nSPS) is 11.2.